The molecule has 2 aromatic carbocycles. The van der Waals surface area contributed by atoms with Gasteiger partial charge in [0, 0.05) is 5.56 Å². The zero-order chi connectivity index (χ0) is 13.4. The Labute approximate surface area is 114 Å². The van der Waals surface area contributed by atoms with E-state index in [4.69, 9.17) is 0 Å². The molecule has 0 bridgehead atoms. The lowest BCUT2D eigenvalue weighted by Gasteiger charge is -2.03. The fourth-order valence-electron chi connectivity index (χ4n) is 2.30. The van der Waals surface area contributed by atoms with Crippen molar-refractivity contribution in [1.29, 1.82) is 0 Å². The zero-order valence-electron chi connectivity index (χ0n) is 10.6. The number of rotatable bonds is 2. The highest BCUT2D eigenvalue weighted by atomic mass is 15.4. The second-order valence-electron chi connectivity index (χ2n) is 4.49. The summed E-state index contributed by atoms with van der Waals surface area (Å²) in [7, 11) is 0. The van der Waals surface area contributed by atoms with Gasteiger partial charge < -0.3 is 0 Å². The molecule has 0 unspecified atom stereocenters. The van der Waals surface area contributed by atoms with E-state index in [-0.39, 0.29) is 0 Å². The predicted molar refractivity (Wildman–Crippen MR) is 76.4 cm³/mol. The van der Waals surface area contributed by atoms with Gasteiger partial charge in [-0.15, -0.1) is 5.10 Å². The first-order valence-corrected chi connectivity index (χ1v) is 6.33. The van der Waals surface area contributed by atoms with Gasteiger partial charge in [0.1, 0.15) is 11.2 Å². The van der Waals surface area contributed by atoms with E-state index in [2.05, 4.69) is 20.5 Å². The lowest BCUT2D eigenvalue weighted by atomic mass is 10.1. The number of H-pyrrole nitrogens is 1. The van der Waals surface area contributed by atoms with Gasteiger partial charge in [0.2, 0.25) is 0 Å². The van der Waals surface area contributed by atoms with E-state index >= 15 is 0 Å². The summed E-state index contributed by atoms with van der Waals surface area (Å²) in [4.78, 5) is 0. The van der Waals surface area contributed by atoms with Gasteiger partial charge in [-0.2, -0.15) is 5.10 Å². The van der Waals surface area contributed by atoms with E-state index in [1.165, 1.54) is 0 Å². The van der Waals surface area contributed by atoms with Crippen molar-refractivity contribution in [2.75, 3.05) is 0 Å². The molecule has 0 aliphatic rings. The molecule has 1 N–H and O–H groups in total. The van der Waals surface area contributed by atoms with Crippen molar-refractivity contribution in [3.05, 3.63) is 60.8 Å². The number of para-hydroxylation sites is 1. The Kier molecular flexibility index (Phi) is 2.35. The molecule has 0 fully saturated rings. The third kappa shape index (κ3) is 1.60. The first-order valence-electron chi connectivity index (χ1n) is 6.33. The van der Waals surface area contributed by atoms with Crippen molar-refractivity contribution in [2.45, 2.75) is 0 Å². The van der Waals surface area contributed by atoms with Crippen molar-refractivity contribution in [1.82, 2.24) is 25.2 Å². The van der Waals surface area contributed by atoms with E-state index in [1.54, 1.807) is 10.9 Å². The van der Waals surface area contributed by atoms with Gasteiger partial charge in [-0.05, 0) is 12.1 Å². The fourth-order valence-corrected chi connectivity index (χ4v) is 2.30. The van der Waals surface area contributed by atoms with E-state index < -0.39 is 0 Å². The normalized spacial score (nSPS) is 11.0. The van der Waals surface area contributed by atoms with Crippen molar-refractivity contribution in [3.8, 4) is 16.9 Å². The van der Waals surface area contributed by atoms with Crippen LogP contribution in [0.2, 0.25) is 0 Å². The highest BCUT2D eigenvalue weighted by molar-refractivity contribution is 5.78. The summed E-state index contributed by atoms with van der Waals surface area (Å²) in [5, 5.41) is 15.6. The van der Waals surface area contributed by atoms with Gasteiger partial charge >= 0.3 is 0 Å². The van der Waals surface area contributed by atoms with Gasteiger partial charge in [-0.3, -0.25) is 5.10 Å². The Bertz CT molecular complexity index is 860. The molecule has 0 saturated carbocycles. The molecule has 0 radical (unpaired) electrons. The van der Waals surface area contributed by atoms with Crippen molar-refractivity contribution < 1.29 is 0 Å². The van der Waals surface area contributed by atoms with E-state index in [9.17, 15) is 0 Å². The van der Waals surface area contributed by atoms with Gasteiger partial charge in [-0.25, -0.2) is 4.68 Å². The lowest BCUT2D eigenvalue weighted by molar-refractivity contribution is 0.825. The molecule has 5 nitrogen and oxygen atoms in total. The molecule has 20 heavy (non-hydrogen) atoms. The summed E-state index contributed by atoms with van der Waals surface area (Å²) in [5.41, 5.74) is 4.73. The van der Waals surface area contributed by atoms with E-state index in [0.29, 0.717) is 0 Å². The Balaban J connectivity index is 1.94. The van der Waals surface area contributed by atoms with Crippen LogP contribution in [0.5, 0.6) is 0 Å². The summed E-state index contributed by atoms with van der Waals surface area (Å²) in [5.74, 6) is 0. The number of aromatic nitrogens is 5. The minimum atomic E-state index is 0.868. The van der Waals surface area contributed by atoms with Crippen molar-refractivity contribution in [2.24, 2.45) is 0 Å². The number of hydrogen-bond donors (Lipinski definition) is 1. The SMILES string of the molecule is c1ccc(-c2[nH]ncc2-n2nnc3ccccc32)cc1. The number of nitrogens with one attached hydrogen (secondary N) is 1. The Morgan fingerprint density at radius 3 is 2.60 bits per heavy atom. The topological polar surface area (TPSA) is 59.4 Å². The molecule has 0 aliphatic heterocycles. The summed E-state index contributed by atoms with van der Waals surface area (Å²) in [6, 6.07) is 17.9. The quantitative estimate of drug-likeness (QED) is 0.603. The molecular formula is C15H11N5. The van der Waals surface area contributed by atoms with E-state index in [0.717, 1.165) is 28.0 Å². The minimum absolute atomic E-state index is 0.868. The second kappa shape index (κ2) is 4.31. The highest BCUT2D eigenvalue weighted by Gasteiger charge is 2.13. The minimum Gasteiger partial charge on any atom is -0.276 e. The molecule has 0 atom stereocenters. The maximum atomic E-state index is 4.23. The molecule has 5 heteroatoms. The van der Waals surface area contributed by atoms with Crippen LogP contribution in [0.4, 0.5) is 0 Å². The Morgan fingerprint density at radius 1 is 0.900 bits per heavy atom. The monoisotopic (exact) mass is 261 g/mol. The number of aromatic amines is 1. The third-order valence-corrected chi connectivity index (χ3v) is 3.26. The zero-order valence-corrected chi connectivity index (χ0v) is 10.6. The van der Waals surface area contributed by atoms with Crippen LogP contribution in [0.1, 0.15) is 0 Å². The molecule has 0 spiro atoms. The third-order valence-electron chi connectivity index (χ3n) is 3.26. The molecular weight excluding hydrogens is 250 g/mol. The van der Waals surface area contributed by atoms with Crippen LogP contribution in [0, 0.1) is 0 Å². The molecule has 4 rings (SSSR count). The van der Waals surface area contributed by atoms with Crippen molar-refractivity contribution >= 4 is 11.0 Å². The number of fused-ring (bicyclic) bond motifs is 1. The van der Waals surface area contributed by atoms with Crippen LogP contribution in [-0.2, 0) is 0 Å². The summed E-state index contributed by atoms with van der Waals surface area (Å²) in [6.45, 7) is 0. The van der Waals surface area contributed by atoms with Crippen LogP contribution in [-0.4, -0.2) is 25.2 Å². The van der Waals surface area contributed by atoms with Gasteiger partial charge in [0.15, 0.2) is 0 Å². The first kappa shape index (κ1) is 10.9. The molecule has 0 saturated heterocycles. The molecule has 2 aromatic heterocycles. The summed E-state index contributed by atoms with van der Waals surface area (Å²) >= 11 is 0. The average molecular weight is 261 g/mol. The van der Waals surface area contributed by atoms with Gasteiger partial charge in [0.25, 0.3) is 0 Å². The van der Waals surface area contributed by atoms with Crippen molar-refractivity contribution in [3.63, 3.8) is 0 Å². The number of nitrogens with zero attached hydrogens (tertiary/aromatic N) is 4. The van der Waals surface area contributed by atoms with Gasteiger partial charge in [-0.1, -0.05) is 47.7 Å². The number of hydrogen-bond acceptors (Lipinski definition) is 3. The lowest BCUT2D eigenvalue weighted by Crippen LogP contribution is -1.97. The molecule has 4 aromatic rings. The maximum Gasteiger partial charge on any atom is 0.113 e. The van der Waals surface area contributed by atoms with Crippen LogP contribution >= 0.6 is 0 Å². The molecule has 0 aliphatic carbocycles. The molecule has 96 valence electrons. The predicted octanol–water partition coefficient (Wildman–Crippen LogP) is 2.81. The second-order valence-corrected chi connectivity index (χ2v) is 4.49. The summed E-state index contributed by atoms with van der Waals surface area (Å²) < 4.78 is 1.81. The Morgan fingerprint density at radius 2 is 1.70 bits per heavy atom. The Hall–Kier alpha value is -2.95. The van der Waals surface area contributed by atoms with Crippen LogP contribution in [0.25, 0.3) is 28.0 Å². The van der Waals surface area contributed by atoms with Crippen LogP contribution in [0.3, 0.4) is 0 Å². The van der Waals surface area contributed by atoms with Crippen LogP contribution in [0.15, 0.2) is 60.8 Å². The smallest absolute Gasteiger partial charge is 0.113 e. The van der Waals surface area contributed by atoms with Gasteiger partial charge in [0.05, 0.1) is 17.4 Å². The fraction of sp³-hybridized carbons (Fsp3) is 0. The highest BCUT2D eigenvalue weighted by Crippen LogP contribution is 2.25. The molecule has 2 heterocycles. The standard InChI is InChI=1S/C15H11N5/c1-2-6-11(7-3-1)15-14(10-16-18-15)20-13-9-5-4-8-12(13)17-19-20/h1-10H,(H,16,18). The average Bonchev–Trinajstić information content (AvgIpc) is 3.14. The number of benzene rings is 2. The largest absolute Gasteiger partial charge is 0.276 e. The van der Waals surface area contributed by atoms with Crippen LogP contribution < -0.4 is 0 Å². The maximum absolute atomic E-state index is 4.23. The van der Waals surface area contributed by atoms with E-state index in [1.807, 2.05) is 54.6 Å². The first-order chi connectivity index (χ1) is 9.93. The molecule has 0 amide bonds. The summed E-state index contributed by atoms with van der Waals surface area (Å²) in [6.07, 6.45) is 1.77.